The predicted molar refractivity (Wildman–Crippen MR) is 60.1 cm³/mol. The van der Waals surface area contributed by atoms with Crippen LogP contribution in [0.1, 0.15) is 15.9 Å². The second-order valence-electron chi connectivity index (χ2n) is 3.60. The van der Waals surface area contributed by atoms with Crippen molar-refractivity contribution < 1.29 is 9.90 Å². The molecule has 15 heavy (non-hydrogen) atoms. The zero-order valence-electron chi connectivity index (χ0n) is 8.32. The van der Waals surface area contributed by atoms with Crippen LogP contribution in [0.2, 0.25) is 0 Å². The van der Waals surface area contributed by atoms with E-state index < -0.39 is 5.97 Å². The molecule has 2 rings (SSSR count). The lowest BCUT2D eigenvalue weighted by atomic mass is 10.0. The zero-order valence-corrected chi connectivity index (χ0v) is 8.32. The zero-order chi connectivity index (χ0) is 11.0. The maximum absolute atomic E-state index is 10.9. The molecule has 76 valence electrons. The number of carboxylic acids is 1. The third kappa shape index (κ3) is 1.64. The Morgan fingerprint density at radius 1 is 1.20 bits per heavy atom. The van der Waals surface area contributed by atoms with Crippen molar-refractivity contribution in [3.63, 3.8) is 0 Å². The number of rotatable bonds is 1. The fourth-order valence-electron chi connectivity index (χ4n) is 1.62. The summed E-state index contributed by atoms with van der Waals surface area (Å²) in [6.45, 7) is 1.99. The van der Waals surface area contributed by atoms with Crippen molar-refractivity contribution in [2.45, 2.75) is 6.92 Å². The molecule has 0 saturated heterocycles. The molecule has 0 spiro atoms. The Hall–Kier alpha value is -2.03. The highest BCUT2D eigenvalue weighted by molar-refractivity contribution is 6.00. The van der Waals surface area contributed by atoms with E-state index in [-0.39, 0.29) is 5.56 Å². The second kappa shape index (κ2) is 3.28. The molecule has 0 fully saturated rings. The van der Waals surface area contributed by atoms with E-state index in [1.807, 2.05) is 25.1 Å². The van der Waals surface area contributed by atoms with Crippen LogP contribution in [0, 0.1) is 6.92 Å². The summed E-state index contributed by atoms with van der Waals surface area (Å²) in [5, 5.41) is 10.8. The molecule has 0 radical (unpaired) electrons. The van der Waals surface area contributed by atoms with Crippen LogP contribution in [0.4, 0.5) is 5.69 Å². The molecular formula is C12H11NO2. The van der Waals surface area contributed by atoms with E-state index in [9.17, 15) is 4.79 Å². The highest BCUT2D eigenvalue weighted by Crippen LogP contribution is 2.22. The van der Waals surface area contributed by atoms with E-state index in [1.165, 1.54) is 0 Å². The number of carboxylic acid groups (broad SMARTS) is 1. The van der Waals surface area contributed by atoms with Crippen molar-refractivity contribution in [3.05, 3.63) is 41.5 Å². The van der Waals surface area contributed by atoms with Gasteiger partial charge in [0.05, 0.1) is 5.56 Å². The van der Waals surface area contributed by atoms with E-state index in [2.05, 4.69) is 0 Å². The molecule has 2 aromatic carbocycles. The third-order valence-corrected chi connectivity index (χ3v) is 2.39. The number of aryl methyl sites for hydroxylation is 1. The smallest absolute Gasteiger partial charge is 0.337 e. The molecule has 3 nitrogen and oxygen atoms in total. The van der Waals surface area contributed by atoms with Gasteiger partial charge in [-0.25, -0.2) is 4.79 Å². The van der Waals surface area contributed by atoms with Gasteiger partial charge in [-0.1, -0.05) is 23.8 Å². The van der Waals surface area contributed by atoms with Crippen molar-refractivity contribution >= 4 is 22.4 Å². The Morgan fingerprint density at radius 3 is 2.60 bits per heavy atom. The summed E-state index contributed by atoms with van der Waals surface area (Å²) in [5.74, 6) is -0.991. The van der Waals surface area contributed by atoms with E-state index >= 15 is 0 Å². The number of nitrogens with two attached hydrogens (primary N) is 1. The lowest BCUT2D eigenvalue weighted by Gasteiger charge is -2.04. The molecule has 0 aromatic heterocycles. The first-order valence-electron chi connectivity index (χ1n) is 4.61. The molecule has 0 amide bonds. The molecule has 0 atom stereocenters. The van der Waals surface area contributed by atoms with Crippen LogP contribution in [-0.2, 0) is 0 Å². The number of benzene rings is 2. The van der Waals surface area contributed by atoms with Gasteiger partial charge in [-0.3, -0.25) is 0 Å². The summed E-state index contributed by atoms with van der Waals surface area (Å²) in [7, 11) is 0. The van der Waals surface area contributed by atoms with Crippen molar-refractivity contribution in [2.75, 3.05) is 5.73 Å². The molecule has 0 heterocycles. The number of carbonyl (C=O) groups is 1. The van der Waals surface area contributed by atoms with Crippen LogP contribution in [0.3, 0.4) is 0 Å². The number of fused-ring (bicyclic) bond motifs is 1. The van der Waals surface area contributed by atoms with Gasteiger partial charge in [-0.05, 0) is 29.8 Å². The van der Waals surface area contributed by atoms with Gasteiger partial charge in [-0.2, -0.15) is 0 Å². The highest BCUT2D eigenvalue weighted by Gasteiger charge is 2.08. The molecule has 0 bridgehead atoms. The van der Waals surface area contributed by atoms with Gasteiger partial charge in [0.2, 0.25) is 0 Å². The monoisotopic (exact) mass is 201 g/mol. The van der Waals surface area contributed by atoms with Gasteiger partial charge in [0.1, 0.15) is 0 Å². The summed E-state index contributed by atoms with van der Waals surface area (Å²) < 4.78 is 0. The number of anilines is 1. The maximum Gasteiger partial charge on any atom is 0.337 e. The van der Waals surface area contributed by atoms with Gasteiger partial charge in [-0.15, -0.1) is 0 Å². The minimum atomic E-state index is -0.991. The van der Waals surface area contributed by atoms with Crippen molar-refractivity contribution in [2.24, 2.45) is 0 Å². The van der Waals surface area contributed by atoms with Crippen LogP contribution in [0.15, 0.2) is 30.3 Å². The van der Waals surface area contributed by atoms with E-state index in [0.29, 0.717) is 5.69 Å². The lowest BCUT2D eigenvalue weighted by Crippen LogP contribution is -2.02. The normalized spacial score (nSPS) is 10.5. The molecule has 3 heteroatoms. The molecule has 0 aliphatic carbocycles. The number of aromatic carboxylic acids is 1. The van der Waals surface area contributed by atoms with Crippen molar-refractivity contribution in [3.8, 4) is 0 Å². The summed E-state index contributed by atoms with van der Waals surface area (Å²) in [5.41, 5.74) is 7.25. The van der Waals surface area contributed by atoms with Crippen LogP contribution in [0.5, 0.6) is 0 Å². The van der Waals surface area contributed by atoms with Gasteiger partial charge < -0.3 is 10.8 Å². The van der Waals surface area contributed by atoms with E-state index in [4.69, 9.17) is 10.8 Å². The van der Waals surface area contributed by atoms with E-state index in [0.717, 1.165) is 16.3 Å². The standard InChI is InChI=1S/C12H11NO2/c1-7-2-3-8-5-10(12(14)15)11(13)6-9(8)4-7/h2-6H,13H2,1H3,(H,14,15). The predicted octanol–water partition coefficient (Wildman–Crippen LogP) is 2.43. The second-order valence-corrected chi connectivity index (χ2v) is 3.60. The molecule has 0 saturated carbocycles. The number of nitrogen functional groups attached to an aromatic ring is 1. The third-order valence-electron chi connectivity index (χ3n) is 2.39. The fourth-order valence-corrected chi connectivity index (χ4v) is 1.62. The van der Waals surface area contributed by atoms with Crippen LogP contribution < -0.4 is 5.73 Å². The summed E-state index contributed by atoms with van der Waals surface area (Å²) >= 11 is 0. The van der Waals surface area contributed by atoms with Gasteiger partial charge >= 0.3 is 5.97 Å². The minimum Gasteiger partial charge on any atom is -0.478 e. The molecule has 2 aromatic rings. The fraction of sp³-hybridized carbons (Fsp3) is 0.0833. The van der Waals surface area contributed by atoms with E-state index in [1.54, 1.807) is 12.1 Å². The number of hydrogen-bond acceptors (Lipinski definition) is 2. The van der Waals surface area contributed by atoms with Crippen LogP contribution >= 0.6 is 0 Å². The largest absolute Gasteiger partial charge is 0.478 e. The molecule has 0 unspecified atom stereocenters. The van der Waals surface area contributed by atoms with Gasteiger partial charge in [0.15, 0.2) is 0 Å². The summed E-state index contributed by atoms with van der Waals surface area (Å²) in [6.07, 6.45) is 0. The summed E-state index contributed by atoms with van der Waals surface area (Å²) in [6, 6.07) is 9.14. The average Bonchev–Trinajstić information content (AvgIpc) is 2.15. The SMILES string of the molecule is Cc1ccc2cc(C(=O)O)c(N)cc2c1. The Labute approximate surface area is 87.1 Å². The Kier molecular flexibility index (Phi) is 2.08. The van der Waals surface area contributed by atoms with Crippen molar-refractivity contribution in [1.82, 2.24) is 0 Å². The van der Waals surface area contributed by atoms with Gasteiger partial charge in [0, 0.05) is 5.69 Å². The molecular weight excluding hydrogens is 190 g/mol. The molecule has 0 aliphatic heterocycles. The average molecular weight is 201 g/mol. The first-order chi connectivity index (χ1) is 7.08. The first kappa shape index (κ1) is 9.52. The Bertz CT molecular complexity index is 547. The van der Waals surface area contributed by atoms with Crippen molar-refractivity contribution in [1.29, 1.82) is 0 Å². The quantitative estimate of drug-likeness (QED) is 0.696. The van der Waals surface area contributed by atoms with Gasteiger partial charge in [0.25, 0.3) is 0 Å². The minimum absolute atomic E-state index is 0.159. The molecule has 0 aliphatic rings. The van der Waals surface area contributed by atoms with Crippen LogP contribution in [-0.4, -0.2) is 11.1 Å². The number of hydrogen-bond donors (Lipinski definition) is 2. The topological polar surface area (TPSA) is 63.3 Å². The first-order valence-corrected chi connectivity index (χ1v) is 4.61. The lowest BCUT2D eigenvalue weighted by molar-refractivity contribution is 0.0698. The maximum atomic E-state index is 10.9. The Balaban J connectivity index is 2.76. The molecule has 3 N–H and O–H groups in total. The highest BCUT2D eigenvalue weighted by atomic mass is 16.4. The van der Waals surface area contributed by atoms with Crippen LogP contribution in [0.25, 0.3) is 10.8 Å². The summed E-state index contributed by atoms with van der Waals surface area (Å²) in [4.78, 5) is 10.9. The Morgan fingerprint density at radius 2 is 1.93 bits per heavy atom.